The predicted octanol–water partition coefficient (Wildman–Crippen LogP) is 3.88. The number of hydrogen-bond donors (Lipinski definition) is 1. The van der Waals surface area contributed by atoms with Gasteiger partial charge in [-0.2, -0.15) is 0 Å². The van der Waals surface area contributed by atoms with Crippen LogP contribution in [0.25, 0.3) is 0 Å². The van der Waals surface area contributed by atoms with Crippen molar-refractivity contribution in [2.24, 2.45) is 5.73 Å². The molecule has 0 saturated carbocycles. The van der Waals surface area contributed by atoms with Crippen LogP contribution in [0.1, 0.15) is 21.4 Å². The van der Waals surface area contributed by atoms with Gasteiger partial charge in [0, 0.05) is 19.8 Å². The van der Waals surface area contributed by atoms with Crippen molar-refractivity contribution < 1.29 is 4.74 Å². The smallest absolute Gasteiger partial charge is 0.124 e. The minimum Gasteiger partial charge on any atom is -0.496 e. The van der Waals surface area contributed by atoms with E-state index in [-0.39, 0.29) is 6.04 Å². The van der Waals surface area contributed by atoms with Gasteiger partial charge in [-0.15, -0.1) is 11.3 Å². The van der Waals surface area contributed by atoms with Gasteiger partial charge in [0.1, 0.15) is 5.75 Å². The van der Waals surface area contributed by atoms with Crippen LogP contribution in [-0.4, -0.2) is 7.11 Å². The second-order valence-electron chi connectivity index (χ2n) is 3.81. The highest BCUT2D eigenvalue weighted by Crippen LogP contribution is 2.33. The number of nitrogens with two attached hydrogens (primary N) is 1. The number of rotatable bonds is 3. The summed E-state index contributed by atoms with van der Waals surface area (Å²) < 4.78 is 6.36. The lowest BCUT2D eigenvalue weighted by Crippen LogP contribution is -2.11. The summed E-state index contributed by atoms with van der Waals surface area (Å²) >= 11 is 5.18. The van der Waals surface area contributed by atoms with Gasteiger partial charge in [-0.1, -0.05) is 15.9 Å². The molecule has 2 rings (SSSR count). The van der Waals surface area contributed by atoms with Crippen LogP contribution in [0.5, 0.6) is 5.75 Å². The molecule has 17 heavy (non-hydrogen) atoms. The molecule has 0 aliphatic rings. The van der Waals surface area contributed by atoms with Crippen molar-refractivity contribution in [3.8, 4) is 5.75 Å². The molecule has 0 spiro atoms. The van der Waals surface area contributed by atoms with E-state index < -0.39 is 0 Å². The van der Waals surface area contributed by atoms with Gasteiger partial charge in [-0.3, -0.25) is 0 Å². The summed E-state index contributed by atoms with van der Waals surface area (Å²) in [7, 11) is 1.67. The van der Waals surface area contributed by atoms with E-state index >= 15 is 0 Å². The summed E-state index contributed by atoms with van der Waals surface area (Å²) in [5.74, 6) is 0.826. The normalized spacial score (nSPS) is 12.5. The minimum atomic E-state index is -0.138. The summed E-state index contributed by atoms with van der Waals surface area (Å²) in [6.07, 6.45) is 0. The predicted molar refractivity (Wildman–Crippen MR) is 75.8 cm³/mol. The van der Waals surface area contributed by atoms with E-state index in [1.807, 2.05) is 18.2 Å². The molecular weight excluding hydrogens is 298 g/mol. The first kappa shape index (κ1) is 12.6. The van der Waals surface area contributed by atoms with Gasteiger partial charge in [-0.25, -0.2) is 0 Å². The molecule has 4 heteroatoms. The summed E-state index contributed by atoms with van der Waals surface area (Å²) in [5, 5.41) is 0. The molecule has 2 aromatic rings. The number of methoxy groups -OCH3 is 1. The molecule has 1 atom stereocenters. The van der Waals surface area contributed by atoms with Crippen molar-refractivity contribution >= 4 is 27.3 Å². The highest BCUT2D eigenvalue weighted by Gasteiger charge is 2.15. The maximum Gasteiger partial charge on any atom is 0.124 e. The van der Waals surface area contributed by atoms with Crippen LogP contribution in [-0.2, 0) is 0 Å². The number of halogens is 1. The first-order valence-corrected chi connectivity index (χ1v) is 6.88. The second-order valence-corrected chi connectivity index (χ2v) is 6.05. The van der Waals surface area contributed by atoms with Crippen LogP contribution in [0.4, 0.5) is 0 Å². The molecule has 0 aliphatic carbocycles. The van der Waals surface area contributed by atoms with E-state index in [0.29, 0.717) is 0 Å². The summed E-state index contributed by atoms with van der Waals surface area (Å²) in [6.45, 7) is 2.08. The third kappa shape index (κ3) is 2.70. The van der Waals surface area contributed by atoms with Crippen LogP contribution in [0.3, 0.4) is 0 Å². The van der Waals surface area contributed by atoms with E-state index in [4.69, 9.17) is 10.5 Å². The zero-order valence-corrected chi connectivity index (χ0v) is 12.1. The first-order chi connectivity index (χ1) is 8.11. The second kappa shape index (κ2) is 5.21. The molecule has 1 unspecified atom stereocenters. The third-order valence-corrected chi connectivity index (χ3v) is 4.17. The van der Waals surface area contributed by atoms with E-state index in [0.717, 1.165) is 20.7 Å². The van der Waals surface area contributed by atoms with Crippen molar-refractivity contribution in [2.45, 2.75) is 13.0 Å². The van der Waals surface area contributed by atoms with Crippen molar-refractivity contribution in [2.75, 3.05) is 7.11 Å². The molecule has 1 aromatic carbocycles. The third-order valence-electron chi connectivity index (χ3n) is 2.59. The molecule has 0 amide bonds. The molecule has 0 saturated heterocycles. The Morgan fingerprint density at radius 3 is 2.65 bits per heavy atom. The van der Waals surface area contributed by atoms with Gasteiger partial charge in [0.25, 0.3) is 0 Å². The van der Waals surface area contributed by atoms with Crippen molar-refractivity contribution in [3.05, 3.63) is 50.1 Å². The largest absolute Gasteiger partial charge is 0.496 e. The Balaban J connectivity index is 2.42. The van der Waals surface area contributed by atoms with Crippen LogP contribution in [0, 0.1) is 6.92 Å². The molecule has 0 bridgehead atoms. The number of aryl methyl sites for hydroxylation is 1. The highest BCUT2D eigenvalue weighted by atomic mass is 79.9. The van der Waals surface area contributed by atoms with Gasteiger partial charge >= 0.3 is 0 Å². The van der Waals surface area contributed by atoms with Crippen LogP contribution >= 0.6 is 27.3 Å². The Kier molecular flexibility index (Phi) is 3.86. The highest BCUT2D eigenvalue weighted by molar-refractivity contribution is 9.10. The number of thiophene rings is 1. The van der Waals surface area contributed by atoms with E-state index in [2.05, 4.69) is 35.0 Å². The Morgan fingerprint density at radius 1 is 1.29 bits per heavy atom. The van der Waals surface area contributed by atoms with Gasteiger partial charge in [-0.05, 0) is 37.3 Å². The maximum atomic E-state index is 6.28. The van der Waals surface area contributed by atoms with Gasteiger partial charge in [0.05, 0.1) is 13.2 Å². The summed E-state index contributed by atoms with van der Waals surface area (Å²) in [6, 6.07) is 9.92. The molecule has 0 radical (unpaired) electrons. The monoisotopic (exact) mass is 311 g/mol. The van der Waals surface area contributed by atoms with Crippen molar-refractivity contribution in [3.63, 3.8) is 0 Å². The van der Waals surface area contributed by atoms with Crippen LogP contribution in [0.15, 0.2) is 34.8 Å². The number of benzene rings is 1. The number of hydrogen-bond acceptors (Lipinski definition) is 3. The summed E-state index contributed by atoms with van der Waals surface area (Å²) in [4.78, 5) is 2.42. The zero-order valence-electron chi connectivity index (χ0n) is 9.74. The molecule has 90 valence electrons. The molecule has 0 aliphatic heterocycles. The fraction of sp³-hybridized carbons (Fsp3) is 0.231. The SMILES string of the molecule is COc1ccc(Br)cc1C(N)c1ccc(C)s1. The van der Waals surface area contributed by atoms with Crippen molar-refractivity contribution in [1.29, 1.82) is 0 Å². The Labute approximate surface area is 114 Å². The minimum absolute atomic E-state index is 0.138. The standard InChI is InChI=1S/C13H14BrNOS/c1-8-3-6-12(17-8)13(15)10-7-9(14)4-5-11(10)16-2/h3-7,13H,15H2,1-2H3. The van der Waals surface area contributed by atoms with Crippen molar-refractivity contribution in [1.82, 2.24) is 0 Å². The Morgan fingerprint density at radius 2 is 2.06 bits per heavy atom. The lowest BCUT2D eigenvalue weighted by molar-refractivity contribution is 0.408. The topological polar surface area (TPSA) is 35.2 Å². The Bertz CT molecular complexity index is 524. The van der Waals surface area contributed by atoms with E-state index in [1.54, 1.807) is 18.4 Å². The fourth-order valence-corrected chi connectivity index (χ4v) is 3.00. The quantitative estimate of drug-likeness (QED) is 0.933. The van der Waals surface area contributed by atoms with Gasteiger partial charge in [0.15, 0.2) is 0 Å². The Hall–Kier alpha value is -0.840. The molecule has 0 fully saturated rings. The maximum absolute atomic E-state index is 6.28. The van der Waals surface area contributed by atoms with Gasteiger partial charge < -0.3 is 10.5 Å². The lowest BCUT2D eigenvalue weighted by atomic mass is 10.1. The van der Waals surface area contributed by atoms with Gasteiger partial charge in [0.2, 0.25) is 0 Å². The van der Waals surface area contributed by atoms with Crippen LogP contribution in [0.2, 0.25) is 0 Å². The van der Waals surface area contributed by atoms with Crippen LogP contribution < -0.4 is 10.5 Å². The average Bonchev–Trinajstić information content (AvgIpc) is 2.75. The average molecular weight is 312 g/mol. The number of ether oxygens (including phenoxy) is 1. The van der Waals surface area contributed by atoms with E-state index in [1.165, 1.54) is 4.88 Å². The lowest BCUT2D eigenvalue weighted by Gasteiger charge is -2.14. The molecule has 2 nitrogen and oxygen atoms in total. The summed E-state index contributed by atoms with van der Waals surface area (Å²) in [5.41, 5.74) is 7.29. The molecule has 1 heterocycles. The molecule has 2 N–H and O–H groups in total. The first-order valence-electron chi connectivity index (χ1n) is 5.27. The molecular formula is C13H14BrNOS. The zero-order chi connectivity index (χ0) is 12.4. The molecule has 1 aromatic heterocycles. The fourth-order valence-electron chi connectivity index (χ4n) is 1.72. The van der Waals surface area contributed by atoms with E-state index in [9.17, 15) is 0 Å².